The molecule has 2 aliphatic rings. The van der Waals surface area contributed by atoms with Gasteiger partial charge in [0.05, 0.1) is 24.1 Å². The summed E-state index contributed by atoms with van der Waals surface area (Å²) in [5, 5.41) is 4.44. The Morgan fingerprint density at radius 3 is 2.62 bits per heavy atom. The zero-order valence-corrected chi connectivity index (χ0v) is 15.8. The van der Waals surface area contributed by atoms with Gasteiger partial charge in [0.15, 0.2) is 9.84 Å². The largest absolute Gasteiger partial charge is 0.414 e. The predicted molar refractivity (Wildman–Crippen MR) is 96.3 cm³/mol. The van der Waals surface area contributed by atoms with Crippen molar-refractivity contribution in [3.63, 3.8) is 0 Å². The van der Waals surface area contributed by atoms with Crippen molar-refractivity contribution in [1.82, 2.24) is 14.7 Å². The zero-order valence-electron chi connectivity index (χ0n) is 14.2. The molecular weight excluding hydrogens is 377 g/mol. The fraction of sp³-hybridized carbons (Fsp3) is 0.529. The van der Waals surface area contributed by atoms with Crippen molar-refractivity contribution in [2.75, 3.05) is 11.5 Å². The molecule has 1 atom stereocenters. The molecule has 0 spiro atoms. The van der Waals surface area contributed by atoms with Gasteiger partial charge in [0.25, 0.3) is 4.84 Å². The molecule has 0 radical (unpaired) electrons. The average Bonchev–Trinajstić information content (AvgIpc) is 3.29. The van der Waals surface area contributed by atoms with E-state index < -0.39 is 9.84 Å². The Hall–Kier alpha value is -1.58. The van der Waals surface area contributed by atoms with Crippen molar-refractivity contribution in [2.24, 2.45) is 0 Å². The Labute approximate surface area is 156 Å². The third-order valence-corrected chi connectivity index (χ3v) is 6.94. The maximum absolute atomic E-state index is 13.1. The second-order valence-electron chi connectivity index (χ2n) is 7.05. The summed E-state index contributed by atoms with van der Waals surface area (Å²) in [5.74, 6) is 0.195. The smallest absolute Gasteiger partial charge is 0.288 e. The number of hydrogen-bond donors (Lipinski definition) is 0. The summed E-state index contributed by atoms with van der Waals surface area (Å²) in [6, 6.07) is 6.93. The molecular formula is C17H20FN3O3S2. The van der Waals surface area contributed by atoms with Gasteiger partial charge in [0.2, 0.25) is 5.89 Å². The number of nitrogens with zero attached hydrogens (tertiary/aromatic N) is 3. The Morgan fingerprint density at radius 2 is 2.00 bits per heavy atom. The zero-order chi connectivity index (χ0) is 18.3. The SMILES string of the molecule is O=S1(=O)CC[C@@H](c2nn(CN(Cc3ccc(F)cc3)C3CC3)c(=S)o2)C1. The number of benzene rings is 1. The quantitative estimate of drug-likeness (QED) is 0.698. The molecule has 140 valence electrons. The molecule has 2 heterocycles. The second-order valence-corrected chi connectivity index (χ2v) is 9.63. The first-order chi connectivity index (χ1) is 12.4. The lowest BCUT2D eigenvalue weighted by Crippen LogP contribution is -2.29. The fourth-order valence-corrected chi connectivity index (χ4v) is 5.21. The maximum atomic E-state index is 13.1. The van der Waals surface area contributed by atoms with Gasteiger partial charge in [-0.2, -0.15) is 0 Å². The van der Waals surface area contributed by atoms with Gasteiger partial charge in [-0.3, -0.25) is 4.90 Å². The monoisotopic (exact) mass is 397 g/mol. The van der Waals surface area contributed by atoms with Crippen LogP contribution in [0.25, 0.3) is 0 Å². The van der Waals surface area contributed by atoms with E-state index in [9.17, 15) is 12.8 Å². The Bertz CT molecular complexity index is 948. The first kappa shape index (κ1) is 17.8. The highest BCUT2D eigenvalue weighted by Gasteiger charge is 2.34. The van der Waals surface area contributed by atoms with Crippen molar-refractivity contribution >= 4 is 22.1 Å². The normalized spacial score (nSPS) is 22.2. The minimum atomic E-state index is -3.00. The highest BCUT2D eigenvalue weighted by molar-refractivity contribution is 7.91. The molecule has 9 heteroatoms. The molecule has 2 aromatic rings. The number of halogens is 1. The van der Waals surface area contributed by atoms with Crippen LogP contribution in [0.1, 0.15) is 36.6 Å². The van der Waals surface area contributed by atoms with Gasteiger partial charge in [-0.1, -0.05) is 12.1 Å². The first-order valence-corrected chi connectivity index (χ1v) is 10.9. The molecule has 0 amide bonds. The summed E-state index contributed by atoms with van der Waals surface area (Å²) >= 11 is 5.28. The molecule has 1 aliphatic carbocycles. The van der Waals surface area contributed by atoms with E-state index in [-0.39, 0.29) is 28.1 Å². The van der Waals surface area contributed by atoms with Gasteiger partial charge in [0.1, 0.15) is 5.82 Å². The van der Waals surface area contributed by atoms with Gasteiger partial charge in [-0.25, -0.2) is 17.5 Å². The van der Waals surface area contributed by atoms with E-state index in [4.69, 9.17) is 16.6 Å². The van der Waals surface area contributed by atoms with Crippen LogP contribution in [-0.4, -0.2) is 40.6 Å². The highest BCUT2D eigenvalue weighted by Crippen LogP contribution is 2.30. The van der Waals surface area contributed by atoms with E-state index in [2.05, 4.69) is 10.00 Å². The summed E-state index contributed by atoms with van der Waals surface area (Å²) in [6.07, 6.45) is 2.75. The van der Waals surface area contributed by atoms with Gasteiger partial charge in [-0.15, -0.1) is 5.10 Å². The summed E-state index contributed by atoms with van der Waals surface area (Å²) < 4.78 is 43.7. The van der Waals surface area contributed by atoms with Crippen molar-refractivity contribution in [2.45, 2.75) is 44.4 Å². The van der Waals surface area contributed by atoms with E-state index in [1.807, 2.05) is 0 Å². The molecule has 1 aromatic heterocycles. The number of sulfone groups is 1. The van der Waals surface area contributed by atoms with E-state index in [0.717, 1.165) is 18.4 Å². The molecule has 6 nitrogen and oxygen atoms in total. The van der Waals surface area contributed by atoms with Crippen molar-refractivity contribution in [1.29, 1.82) is 0 Å². The lowest BCUT2D eigenvalue weighted by atomic mass is 10.1. The second kappa shape index (κ2) is 6.86. The van der Waals surface area contributed by atoms with Crippen LogP contribution in [0.15, 0.2) is 28.7 Å². The number of rotatable bonds is 6. The summed E-state index contributed by atoms with van der Waals surface area (Å²) in [5.41, 5.74) is 1.02. The molecule has 0 unspecified atom stereocenters. The topological polar surface area (TPSA) is 68.3 Å². The summed E-state index contributed by atoms with van der Waals surface area (Å²) in [6.45, 7) is 1.15. The standard InChI is InChI=1S/C17H20FN3O3S2/c18-14-3-1-12(2-4-14)9-20(15-5-6-15)11-21-17(25)24-16(19-21)13-7-8-26(22,23)10-13/h1-4,13,15H,5-11H2/t13-/m1/s1. The van der Waals surface area contributed by atoms with Gasteiger partial charge < -0.3 is 4.42 Å². The van der Waals surface area contributed by atoms with E-state index in [1.165, 1.54) is 12.1 Å². The fourth-order valence-electron chi connectivity index (χ4n) is 3.30. The molecule has 1 aromatic carbocycles. The van der Waals surface area contributed by atoms with Crippen LogP contribution in [0.5, 0.6) is 0 Å². The summed E-state index contributed by atoms with van der Waals surface area (Å²) in [7, 11) is -3.00. The number of aromatic nitrogens is 2. The minimum absolute atomic E-state index is 0.0736. The Balaban J connectivity index is 1.49. The Kier molecular flexibility index (Phi) is 4.70. The van der Waals surface area contributed by atoms with Crippen LogP contribution in [0.4, 0.5) is 4.39 Å². The molecule has 0 N–H and O–H groups in total. The van der Waals surface area contributed by atoms with E-state index in [0.29, 0.717) is 31.6 Å². The lowest BCUT2D eigenvalue weighted by molar-refractivity contribution is 0.184. The molecule has 0 bridgehead atoms. The van der Waals surface area contributed by atoms with Crippen LogP contribution in [0.3, 0.4) is 0 Å². The van der Waals surface area contributed by atoms with Crippen molar-refractivity contribution < 1.29 is 17.2 Å². The van der Waals surface area contributed by atoms with E-state index in [1.54, 1.807) is 16.8 Å². The predicted octanol–water partition coefficient (Wildman–Crippen LogP) is 2.87. The van der Waals surface area contributed by atoms with Crippen molar-refractivity contribution in [3.8, 4) is 0 Å². The third-order valence-electron chi connectivity index (χ3n) is 4.88. The number of hydrogen-bond acceptors (Lipinski definition) is 6. The van der Waals surface area contributed by atoms with Crippen LogP contribution in [-0.2, 0) is 23.1 Å². The first-order valence-electron chi connectivity index (χ1n) is 8.66. The summed E-state index contributed by atoms with van der Waals surface area (Å²) in [4.78, 5) is 2.50. The van der Waals surface area contributed by atoms with Gasteiger partial charge in [-0.05, 0) is 49.2 Å². The van der Waals surface area contributed by atoms with Crippen LogP contribution in [0.2, 0.25) is 0 Å². The third kappa shape index (κ3) is 4.05. The molecule has 1 saturated carbocycles. The van der Waals surface area contributed by atoms with Gasteiger partial charge in [0, 0.05) is 12.6 Å². The van der Waals surface area contributed by atoms with Crippen LogP contribution in [0, 0.1) is 10.7 Å². The molecule has 26 heavy (non-hydrogen) atoms. The van der Waals surface area contributed by atoms with Crippen molar-refractivity contribution in [3.05, 3.63) is 46.4 Å². The lowest BCUT2D eigenvalue weighted by Gasteiger charge is -2.21. The molecule has 1 saturated heterocycles. The average molecular weight is 397 g/mol. The molecule has 2 fully saturated rings. The minimum Gasteiger partial charge on any atom is -0.414 e. The van der Waals surface area contributed by atoms with E-state index >= 15 is 0 Å². The maximum Gasteiger partial charge on any atom is 0.288 e. The van der Waals surface area contributed by atoms with Crippen LogP contribution >= 0.6 is 12.2 Å². The highest BCUT2D eigenvalue weighted by atomic mass is 32.2. The van der Waals surface area contributed by atoms with Crippen LogP contribution < -0.4 is 0 Å². The van der Waals surface area contributed by atoms with Gasteiger partial charge >= 0.3 is 0 Å². The Morgan fingerprint density at radius 1 is 1.27 bits per heavy atom. The molecule has 4 rings (SSSR count). The molecule has 1 aliphatic heterocycles.